The van der Waals surface area contributed by atoms with E-state index in [0.29, 0.717) is 0 Å². The molecule has 0 heterocycles. The van der Waals surface area contributed by atoms with E-state index in [1.165, 1.54) is 0 Å². The van der Waals surface area contributed by atoms with E-state index in [2.05, 4.69) is 0 Å². The molecule has 2 atom stereocenters. The first kappa shape index (κ1) is 22.0. The predicted octanol–water partition coefficient (Wildman–Crippen LogP) is 2.03. The molecule has 0 aromatic heterocycles. The molecule has 1 rings (SSSR count). The van der Waals surface area contributed by atoms with Gasteiger partial charge in [-0.15, -0.1) is 0 Å². The molecule has 26 heavy (non-hydrogen) atoms. The molecule has 1 aromatic rings. The first-order valence-electron chi connectivity index (χ1n) is 7.83. The Labute approximate surface area is 152 Å². The molecule has 0 aliphatic heterocycles. The summed E-state index contributed by atoms with van der Waals surface area (Å²) >= 11 is 0. The molecule has 0 spiro atoms. The van der Waals surface area contributed by atoms with E-state index in [0.717, 1.165) is 24.3 Å². The number of hydrogen-bond donors (Lipinski definition) is 1. The van der Waals surface area contributed by atoms with Crippen molar-refractivity contribution < 1.29 is 32.2 Å². The molecule has 0 saturated heterocycles. The van der Waals surface area contributed by atoms with Gasteiger partial charge in [0.2, 0.25) is 6.10 Å². The lowest BCUT2D eigenvalue weighted by Crippen LogP contribution is -2.44. The Bertz CT molecular complexity index is 749. The number of benzene rings is 1. The van der Waals surface area contributed by atoms with Crippen LogP contribution in [0, 0.1) is 16.0 Å². The lowest BCUT2D eigenvalue weighted by molar-refractivity contribution is -0.384. The summed E-state index contributed by atoms with van der Waals surface area (Å²) < 4.78 is 34.9. The number of non-ortho nitro benzene ring substituents is 1. The Morgan fingerprint density at radius 2 is 1.69 bits per heavy atom. The van der Waals surface area contributed by atoms with Crippen molar-refractivity contribution in [2.45, 2.75) is 57.3 Å². The minimum atomic E-state index is -4.46. The third-order valence-electron chi connectivity index (χ3n) is 3.20. The summed E-state index contributed by atoms with van der Waals surface area (Å²) in [6.07, 6.45) is -3.20. The van der Waals surface area contributed by atoms with Crippen LogP contribution in [-0.2, 0) is 23.8 Å². The van der Waals surface area contributed by atoms with Crippen LogP contribution in [0.1, 0.15) is 34.6 Å². The Hall–Kier alpha value is -2.04. The van der Waals surface area contributed by atoms with Gasteiger partial charge in [0.25, 0.3) is 15.8 Å². The fraction of sp³-hybridized carbons (Fsp3) is 0.562. The molecule has 0 aliphatic rings. The Kier molecular flexibility index (Phi) is 6.86. The van der Waals surface area contributed by atoms with Crippen molar-refractivity contribution >= 4 is 21.8 Å². The van der Waals surface area contributed by atoms with Gasteiger partial charge < -0.3 is 9.84 Å². The highest BCUT2D eigenvalue weighted by atomic mass is 32.2. The van der Waals surface area contributed by atoms with Crippen molar-refractivity contribution in [3.63, 3.8) is 0 Å². The number of esters is 1. The first-order chi connectivity index (χ1) is 11.7. The van der Waals surface area contributed by atoms with Crippen molar-refractivity contribution in [1.82, 2.24) is 0 Å². The zero-order valence-electron chi connectivity index (χ0n) is 15.2. The van der Waals surface area contributed by atoms with Crippen LogP contribution in [0.15, 0.2) is 29.2 Å². The van der Waals surface area contributed by atoms with Gasteiger partial charge in [-0.2, -0.15) is 8.42 Å². The first-order valence-corrected chi connectivity index (χ1v) is 9.24. The van der Waals surface area contributed by atoms with Crippen molar-refractivity contribution in [1.29, 1.82) is 0 Å². The number of ether oxygens (including phenoxy) is 1. The molecule has 1 N–H and O–H groups in total. The fourth-order valence-electron chi connectivity index (χ4n) is 1.87. The van der Waals surface area contributed by atoms with Crippen LogP contribution < -0.4 is 0 Å². The molecular weight excluding hydrogens is 366 g/mol. The molecule has 0 fully saturated rings. The largest absolute Gasteiger partial charge is 0.458 e. The topological polar surface area (TPSA) is 133 Å². The summed E-state index contributed by atoms with van der Waals surface area (Å²) in [5.74, 6) is -1.51. The summed E-state index contributed by atoms with van der Waals surface area (Å²) in [5, 5.41) is 20.9. The van der Waals surface area contributed by atoms with E-state index >= 15 is 0 Å². The van der Waals surface area contributed by atoms with Crippen LogP contribution in [-0.4, -0.2) is 42.2 Å². The SMILES string of the molecule is CC(C)[C@@H](O)[C@@H](OS(=O)(=O)c1ccc([N+](=O)[O-])cc1)C(=O)OC(C)(C)C. The zero-order chi connectivity index (χ0) is 20.3. The second-order valence-electron chi connectivity index (χ2n) is 6.99. The quantitative estimate of drug-likeness (QED) is 0.324. The molecule has 0 aliphatic carbocycles. The maximum absolute atomic E-state index is 12.4. The predicted molar refractivity (Wildman–Crippen MR) is 91.8 cm³/mol. The number of carbonyl (C=O) groups excluding carboxylic acids is 1. The second-order valence-corrected chi connectivity index (χ2v) is 8.56. The molecule has 0 unspecified atom stereocenters. The number of nitrogens with zero attached hydrogens (tertiary/aromatic N) is 1. The molecule has 0 amide bonds. The number of nitro benzene ring substituents is 1. The van der Waals surface area contributed by atoms with Gasteiger partial charge in [0, 0.05) is 12.1 Å². The highest BCUT2D eigenvalue weighted by molar-refractivity contribution is 7.86. The van der Waals surface area contributed by atoms with Gasteiger partial charge in [-0.3, -0.25) is 10.1 Å². The van der Waals surface area contributed by atoms with Crippen molar-refractivity contribution in [2.75, 3.05) is 0 Å². The highest BCUT2D eigenvalue weighted by Crippen LogP contribution is 2.23. The van der Waals surface area contributed by atoms with E-state index in [1.807, 2.05) is 0 Å². The normalized spacial score (nSPS) is 14.7. The number of carbonyl (C=O) groups is 1. The van der Waals surface area contributed by atoms with Gasteiger partial charge >= 0.3 is 5.97 Å². The third-order valence-corrected chi connectivity index (χ3v) is 4.51. The van der Waals surface area contributed by atoms with Crippen LogP contribution in [0.2, 0.25) is 0 Å². The second kappa shape index (κ2) is 8.11. The maximum Gasteiger partial charge on any atom is 0.340 e. The van der Waals surface area contributed by atoms with Gasteiger partial charge in [0.15, 0.2) is 0 Å². The highest BCUT2D eigenvalue weighted by Gasteiger charge is 2.38. The van der Waals surface area contributed by atoms with E-state index in [4.69, 9.17) is 8.92 Å². The number of hydrogen-bond acceptors (Lipinski definition) is 8. The number of aliphatic hydroxyl groups excluding tert-OH is 1. The van der Waals surface area contributed by atoms with Gasteiger partial charge in [0.05, 0.1) is 15.9 Å². The lowest BCUT2D eigenvalue weighted by atomic mass is 10.0. The van der Waals surface area contributed by atoms with E-state index < -0.39 is 44.7 Å². The number of nitro groups is 1. The van der Waals surface area contributed by atoms with Gasteiger partial charge in [-0.05, 0) is 38.8 Å². The smallest absolute Gasteiger partial charge is 0.340 e. The summed E-state index contributed by atoms with van der Waals surface area (Å²) in [6.45, 7) is 7.95. The summed E-state index contributed by atoms with van der Waals surface area (Å²) in [5.41, 5.74) is -1.21. The maximum atomic E-state index is 12.4. The van der Waals surface area contributed by atoms with Gasteiger partial charge in [-0.25, -0.2) is 8.98 Å². The summed E-state index contributed by atoms with van der Waals surface area (Å²) in [7, 11) is -4.46. The molecule has 0 radical (unpaired) electrons. The molecular formula is C16H23NO8S. The van der Waals surface area contributed by atoms with Crippen molar-refractivity contribution in [3.8, 4) is 0 Å². The Balaban J connectivity index is 3.15. The molecule has 0 saturated carbocycles. The molecule has 146 valence electrons. The molecule has 1 aromatic carbocycles. The van der Waals surface area contributed by atoms with E-state index in [-0.39, 0.29) is 10.6 Å². The minimum Gasteiger partial charge on any atom is -0.458 e. The van der Waals surface area contributed by atoms with Crippen LogP contribution in [0.25, 0.3) is 0 Å². The average Bonchev–Trinajstić information content (AvgIpc) is 2.50. The van der Waals surface area contributed by atoms with Crippen LogP contribution in [0.4, 0.5) is 5.69 Å². The monoisotopic (exact) mass is 389 g/mol. The van der Waals surface area contributed by atoms with Gasteiger partial charge in [0.1, 0.15) is 5.60 Å². The van der Waals surface area contributed by atoms with Crippen LogP contribution in [0.3, 0.4) is 0 Å². The van der Waals surface area contributed by atoms with Gasteiger partial charge in [-0.1, -0.05) is 13.8 Å². The molecule has 10 heteroatoms. The van der Waals surface area contributed by atoms with Crippen molar-refractivity contribution in [3.05, 3.63) is 34.4 Å². The van der Waals surface area contributed by atoms with E-state index in [1.54, 1.807) is 34.6 Å². The number of aliphatic hydroxyl groups is 1. The third kappa shape index (κ3) is 6.04. The Morgan fingerprint density at radius 1 is 1.19 bits per heavy atom. The number of rotatable bonds is 7. The van der Waals surface area contributed by atoms with Crippen LogP contribution >= 0.6 is 0 Å². The molecule has 9 nitrogen and oxygen atoms in total. The zero-order valence-corrected chi connectivity index (χ0v) is 16.0. The van der Waals surface area contributed by atoms with Crippen LogP contribution in [0.5, 0.6) is 0 Å². The standard InChI is InChI=1S/C16H23NO8S/c1-10(2)13(18)14(15(19)24-16(3,4)5)25-26(22,23)12-8-6-11(7-9-12)17(20)21/h6-10,13-14,18H,1-5H3/t13-,14-/m1/s1. The lowest BCUT2D eigenvalue weighted by Gasteiger charge is -2.27. The Morgan fingerprint density at radius 3 is 2.08 bits per heavy atom. The average molecular weight is 389 g/mol. The summed E-state index contributed by atoms with van der Waals surface area (Å²) in [6, 6.07) is 3.97. The fourth-order valence-corrected chi connectivity index (χ4v) is 2.92. The van der Waals surface area contributed by atoms with Crippen molar-refractivity contribution in [2.24, 2.45) is 5.92 Å². The molecule has 0 bridgehead atoms. The minimum absolute atomic E-state index is 0.296. The van der Waals surface area contributed by atoms with E-state index in [9.17, 15) is 28.4 Å². The summed E-state index contributed by atoms with van der Waals surface area (Å²) in [4.78, 5) is 21.9.